The van der Waals surface area contributed by atoms with Crippen LogP contribution in [0.25, 0.3) is 0 Å². The Morgan fingerprint density at radius 3 is 2.67 bits per heavy atom. The van der Waals surface area contributed by atoms with E-state index in [2.05, 4.69) is 5.32 Å². The van der Waals surface area contributed by atoms with E-state index in [1.165, 1.54) is 4.90 Å². The Balaban J connectivity index is 1.89. The molecule has 3 N–H and O–H groups in total. The molecule has 2 unspecified atom stereocenters. The van der Waals surface area contributed by atoms with Gasteiger partial charge in [-0.1, -0.05) is 0 Å². The second kappa shape index (κ2) is 4.85. The zero-order valence-corrected chi connectivity index (χ0v) is 10.9. The fourth-order valence-electron chi connectivity index (χ4n) is 2.13. The molecular formula is C12H21N3O3. The standard InChI is InChI=1S/C12H21N3O3/c1-12(7-18-6-9(12)13)11(17)15(2)5-10(16)14-8-3-4-8/h8-9H,3-7,13H2,1-2H3,(H,14,16). The third-order valence-corrected chi connectivity index (χ3v) is 3.68. The van der Waals surface area contributed by atoms with E-state index in [1.54, 1.807) is 14.0 Å². The van der Waals surface area contributed by atoms with E-state index in [0.29, 0.717) is 19.3 Å². The van der Waals surface area contributed by atoms with E-state index >= 15 is 0 Å². The number of nitrogens with zero attached hydrogens (tertiary/aromatic N) is 1. The lowest BCUT2D eigenvalue weighted by Gasteiger charge is -2.30. The first-order valence-electron chi connectivity index (χ1n) is 6.32. The topological polar surface area (TPSA) is 84.7 Å². The summed E-state index contributed by atoms with van der Waals surface area (Å²) in [7, 11) is 1.63. The summed E-state index contributed by atoms with van der Waals surface area (Å²) in [5.74, 6) is -0.233. The van der Waals surface area contributed by atoms with Crippen LogP contribution >= 0.6 is 0 Å². The predicted molar refractivity (Wildman–Crippen MR) is 65.7 cm³/mol. The second-order valence-electron chi connectivity index (χ2n) is 5.54. The van der Waals surface area contributed by atoms with Crippen molar-refractivity contribution in [1.82, 2.24) is 10.2 Å². The van der Waals surface area contributed by atoms with Gasteiger partial charge in [0.25, 0.3) is 0 Å². The van der Waals surface area contributed by atoms with Crippen LogP contribution in [0.15, 0.2) is 0 Å². The molecule has 18 heavy (non-hydrogen) atoms. The van der Waals surface area contributed by atoms with Gasteiger partial charge in [0, 0.05) is 19.1 Å². The Morgan fingerprint density at radius 2 is 2.17 bits per heavy atom. The maximum absolute atomic E-state index is 12.3. The van der Waals surface area contributed by atoms with Gasteiger partial charge in [0.1, 0.15) is 0 Å². The molecule has 1 heterocycles. The van der Waals surface area contributed by atoms with Gasteiger partial charge >= 0.3 is 0 Å². The lowest BCUT2D eigenvalue weighted by molar-refractivity contribution is -0.143. The number of hydrogen-bond donors (Lipinski definition) is 2. The molecule has 0 radical (unpaired) electrons. The molecule has 102 valence electrons. The number of carbonyl (C=O) groups is 2. The minimum Gasteiger partial charge on any atom is -0.379 e. The van der Waals surface area contributed by atoms with Crippen molar-refractivity contribution >= 4 is 11.8 Å². The molecule has 0 aromatic rings. The predicted octanol–water partition coefficient (Wildman–Crippen LogP) is -0.913. The summed E-state index contributed by atoms with van der Waals surface area (Å²) in [4.78, 5) is 25.4. The summed E-state index contributed by atoms with van der Waals surface area (Å²) >= 11 is 0. The molecule has 1 saturated carbocycles. The van der Waals surface area contributed by atoms with Crippen molar-refractivity contribution in [3.63, 3.8) is 0 Å². The van der Waals surface area contributed by atoms with Gasteiger partial charge in [0.2, 0.25) is 11.8 Å². The molecule has 0 bridgehead atoms. The van der Waals surface area contributed by atoms with Crippen molar-refractivity contribution in [3.05, 3.63) is 0 Å². The van der Waals surface area contributed by atoms with E-state index in [-0.39, 0.29) is 24.4 Å². The first-order chi connectivity index (χ1) is 8.43. The molecule has 2 rings (SSSR count). The van der Waals surface area contributed by atoms with Crippen LogP contribution in [0.3, 0.4) is 0 Å². The molecule has 2 amide bonds. The van der Waals surface area contributed by atoms with E-state index < -0.39 is 5.41 Å². The van der Waals surface area contributed by atoms with Crippen LogP contribution in [-0.2, 0) is 14.3 Å². The average Bonchev–Trinajstić information content (AvgIpc) is 3.04. The Kier molecular flexibility index (Phi) is 3.59. The normalized spacial score (nSPS) is 31.2. The van der Waals surface area contributed by atoms with Crippen molar-refractivity contribution in [2.45, 2.75) is 31.8 Å². The van der Waals surface area contributed by atoms with Crippen molar-refractivity contribution in [3.8, 4) is 0 Å². The van der Waals surface area contributed by atoms with Crippen molar-refractivity contribution in [1.29, 1.82) is 0 Å². The number of likely N-dealkylation sites (N-methyl/N-ethyl adjacent to an activating group) is 1. The molecule has 1 aliphatic carbocycles. The van der Waals surface area contributed by atoms with Gasteiger partial charge in [0.05, 0.1) is 25.2 Å². The van der Waals surface area contributed by atoms with Gasteiger partial charge in [-0.2, -0.15) is 0 Å². The molecule has 1 aliphatic heterocycles. The molecule has 2 fully saturated rings. The number of nitrogens with one attached hydrogen (secondary N) is 1. The summed E-state index contributed by atoms with van der Waals surface area (Å²) < 4.78 is 5.25. The summed E-state index contributed by atoms with van der Waals surface area (Å²) in [6, 6.07) is 0.00704. The zero-order chi connectivity index (χ0) is 13.3. The highest BCUT2D eigenvalue weighted by atomic mass is 16.5. The largest absolute Gasteiger partial charge is 0.379 e. The van der Waals surface area contributed by atoms with E-state index in [0.717, 1.165) is 12.8 Å². The highest BCUT2D eigenvalue weighted by molar-refractivity contribution is 5.88. The van der Waals surface area contributed by atoms with Crippen LogP contribution in [0, 0.1) is 5.41 Å². The molecular weight excluding hydrogens is 234 g/mol. The minimum atomic E-state index is -0.714. The maximum Gasteiger partial charge on any atom is 0.239 e. The second-order valence-corrected chi connectivity index (χ2v) is 5.54. The summed E-state index contributed by atoms with van der Waals surface area (Å²) in [5.41, 5.74) is 5.19. The van der Waals surface area contributed by atoms with Crippen molar-refractivity contribution in [2.24, 2.45) is 11.1 Å². The van der Waals surface area contributed by atoms with Gasteiger partial charge in [-0.05, 0) is 19.8 Å². The van der Waals surface area contributed by atoms with E-state index in [1.807, 2.05) is 0 Å². The third kappa shape index (κ3) is 2.64. The summed E-state index contributed by atoms with van der Waals surface area (Å²) in [5, 5.41) is 2.86. The van der Waals surface area contributed by atoms with E-state index in [9.17, 15) is 9.59 Å². The summed E-state index contributed by atoms with van der Waals surface area (Å²) in [6.45, 7) is 2.59. The highest BCUT2D eigenvalue weighted by Gasteiger charge is 2.46. The third-order valence-electron chi connectivity index (χ3n) is 3.68. The zero-order valence-electron chi connectivity index (χ0n) is 10.9. The molecule has 6 nitrogen and oxygen atoms in total. The molecule has 2 atom stereocenters. The van der Waals surface area contributed by atoms with Crippen LogP contribution in [0.2, 0.25) is 0 Å². The Labute approximate surface area is 107 Å². The number of amides is 2. The average molecular weight is 255 g/mol. The van der Waals surface area contributed by atoms with Crippen LogP contribution in [-0.4, -0.2) is 55.6 Å². The Hall–Kier alpha value is -1.14. The SMILES string of the molecule is CN(CC(=O)NC1CC1)C(=O)C1(C)COCC1N. The van der Waals surface area contributed by atoms with E-state index in [4.69, 9.17) is 10.5 Å². The minimum absolute atomic E-state index is 0.0810. The van der Waals surface area contributed by atoms with Gasteiger partial charge in [-0.25, -0.2) is 0 Å². The van der Waals surface area contributed by atoms with Gasteiger partial charge in [0.15, 0.2) is 0 Å². The number of ether oxygens (including phenoxy) is 1. The van der Waals surface area contributed by atoms with Crippen molar-refractivity contribution in [2.75, 3.05) is 26.8 Å². The molecule has 0 spiro atoms. The van der Waals surface area contributed by atoms with Crippen LogP contribution < -0.4 is 11.1 Å². The number of carbonyl (C=O) groups excluding carboxylic acids is 2. The van der Waals surface area contributed by atoms with Crippen LogP contribution in [0.4, 0.5) is 0 Å². The fraction of sp³-hybridized carbons (Fsp3) is 0.833. The lowest BCUT2D eigenvalue weighted by atomic mass is 9.84. The molecule has 2 aliphatic rings. The quantitative estimate of drug-likeness (QED) is 0.681. The highest BCUT2D eigenvalue weighted by Crippen LogP contribution is 2.29. The van der Waals surface area contributed by atoms with Gasteiger partial charge in [-0.15, -0.1) is 0 Å². The summed E-state index contributed by atoms with van der Waals surface area (Å²) in [6.07, 6.45) is 2.08. The number of hydrogen-bond acceptors (Lipinski definition) is 4. The molecule has 6 heteroatoms. The first kappa shape index (κ1) is 13.3. The fourth-order valence-corrected chi connectivity index (χ4v) is 2.13. The maximum atomic E-state index is 12.3. The number of rotatable bonds is 4. The van der Waals surface area contributed by atoms with Gasteiger partial charge in [-0.3, -0.25) is 9.59 Å². The molecule has 0 aromatic heterocycles. The Morgan fingerprint density at radius 1 is 1.50 bits per heavy atom. The lowest BCUT2D eigenvalue weighted by Crippen LogP contribution is -2.52. The molecule has 0 aromatic carbocycles. The molecule has 1 saturated heterocycles. The van der Waals surface area contributed by atoms with Crippen LogP contribution in [0.5, 0.6) is 0 Å². The smallest absolute Gasteiger partial charge is 0.239 e. The van der Waals surface area contributed by atoms with Gasteiger partial charge < -0.3 is 20.7 Å². The number of nitrogens with two attached hydrogens (primary N) is 1. The monoisotopic (exact) mass is 255 g/mol. The van der Waals surface area contributed by atoms with Crippen LogP contribution in [0.1, 0.15) is 19.8 Å². The van der Waals surface area contributed by atoms with Crippen molar-refractivity contribution < 1.29 is 14.3 Å². The Bertz CT molecular complexity index is 356. The first-order valence-corrected chi connectivity index (χ1v) is 6.32.